The second-order valence-electron chi connectivity index (χ2n) is 5.18. The molecule has 1 amide bonds. The van der Waals surface area contributed by atoms with Crippen molar-refractivity contribution >= 4 is 34.2 Å². The van der Waals surface area contributed by atoms with E-state index >= 15 is 0 Å². The monoisotopic (exact) mass is 430 g/mol. The number of hydrogen-bond acceptors (Lipinski definition) is 3. The Bertz CT molecular complexity index is 853. The number of carbonyl (C=O) groups excluding carboxylic acids is 1. The van der Waals surface area contributed by atoms with Gasteiger partial charge in [-0.25, -0.2) is 0 Å². The lowest BCUT2D eigenvalue weighted by molar-refractivity contribution is 0.0983. The van der Waals surface area contributed by atoms with Crippen LogP contribution in [-0.2, 0) is 6.54 Å². The quantitative estimate of drug-likeness (QED) is 0.631. The zero-order valence-electron chi connectivity index (χ0n) is 12.8. The Hall–Kier alpha value is -2.41. The molecule has 120 valence electrons. The summed E-state index contributed by atoms with van der Waals surface area (Å²) in [4.78, 5) is 19.0. The van der Waals surface area contributed by atoms with Crippen molar-refractivity contribution in [2.45, 2.75) is 6.54 Å². The number of phenols is 1. The van der Waals surface area contributed by atoms with E-state index in [0.29, 0.717) is 11.3 Å². The predicted molar refractivity (Wildman–Crippen MR) is 102 cm³/mol. The minimum Gasteiger partial charge on any atom is -0.506 e. The van der Waals surface area contributed by atoms with Gasteiger partial charge in [-0.05, 0) is 59.0 Å². The van der Waals surface area contributed by atoms with Crippen molar-refractivity contribution in [1.82, 2.24) is 4.98 Å². The highest BCUT2D eigenvalue weighted by atomic mass is 127. The third kappa shape index (κ3) is 3.56. The average molecular weight is 430 g/mol. The van der Waals surface area contributed by atoms with Crippen molar-refractivity contribution in [2.75, 3.05) is 4.90 Å². The highest BCUT2D eigenvalue weighted by molar-refractivity contribution is 14.1. The van der Waals surface area contributed by atoms with Gasteiger partial charge < -0.3 is 5.11 Å². The van der Waals surface area contributed by atoms with Crippen LogP contribution in [0.2, 0.25) is 0 Å². The van der Waals surface area contributed by atoms with E-state index < -0.39 is 0 Å². The number of para-hydroxylation sites is 2. The third-order valence-electron chi connectivity index (χ3n) is 3.57. The van der Waals surface area contributed by atoms with Crippen molar-refractivity contribution in [2.24, 2.45) is 0 Å². The van der Waals surface area contributed by atoms with Crippen LogP contribution in [0.25, 0.3) is 0 Å². The number of anilines is 1. The van der Waals surface area contributed by atoms with Gasteiger partial charge >= 0.3 is 0 Å². The van der Waals surface area contributed by atoms with E-state index in [9.17, 15) is 9.90 Å². The lowest BCUT2D eigenvalue weighted by Gasteiger charge is -2.24. The molecule has 0 atom stereocenters. The van der Waals surface area contributed by atoms with Crippen molar-refractivity contribution in [1.29, 1.82) is 0 Å². The minimum absolute atomic E-state index is 0.0627. The second kappa shape index (κ2) is 7.44. The fraction of sp³-hybridized carbons (Fsp3) is 0.0526. The summed E-state index contributed by atoms with van der Waals surface area (Å²) in [5, 5.41) is 10.2. The van der Waals surface area contributed by atoms with E-state index in [-0.39, 0.29) is 18.2 Å². The highest BCUT2D eigenvalue weighted by Crippen LogP contribution is 2.29. The molecular formula is C19H15IN2O2. The molecular weight excluding hydrogens is 415 g/mol. The van der Waals surface area contributed by atoms with Crippen molar-refractivity contribution in [3.05, 3.63) is 87.8 Å². The Morgan fingerprint density at radius 3 is 2.42 bits per heavy atom. The van der Waals surface area contributed by atoms with Crippen LogP contribution in [0.3, 0.4) is 0 Å². The first-order valence-electron chi connectivity index (χ1n) is 7.41. The molecule has 0 bridgehead atoms. The van der Waals surface area contributed by atoms with E-state index in [4.69, 9.17) is 0 Å². The van der Waals surface area contributed by atoms with Crippen molar-refractivity contribution < 1.29 is 9.90 Å². The first-order chi connectivity index (χ1) is 11.7. The number of aromatic nitrogens is 1. The van der Waals surface area contributed by atoms with E-state index in [1.807, 2.05) is 36.4 Å². The Balaban J connectivity index is 2.04. The number of amides is 1. The molecule has 3 aromatic rings. The van der Waals surface area contributed by atoms with Gasteiger partial charge in [0.15, 0.2) is 0 Å². The van der Waals surface area contributed by atoms with Gasteiger partial charge in [0.05, 0.1) is 23.5 Å². The number of hydrogen-bond donors (Lipinski definition) is 1. The molecule has 0 spiro atoms. The number of halogens is 1. The van der Waals surface area contributed by atoms with Gasteiger partial charge in [0.1, 0.15) is 5.75 Å². The van der Waals surface area contributed by atoms with Crippen LogP contribution in [0.4, 0.5) is 5.69 Å². The first-order valence-corrected chi connectivity index (χ1v) is 8.49. The average Bonchev–Trinajstić information content (AvgIpc) is 2.61. The molecule has 0 aliphatic rings. The summed E-state index contributed by atoms with van der Waals surface area (Å²) in [6, 6.07) is 19.8. The van der Waals surface area contributed by atoms with Crippen LogP contribution in [0.5, 0.6) is 5.75 Å². The standard InChI is InChI=1S/C19H15IN2O2/c20-16-9-2-1-8-15(16)19(24)22(13-14-7-5-6-12-21-14)17-10-3-4-11-18(17)23/h1-12,23H,13H2. The summed E-state index contributed by atoms with van der Waals surface area (Å²) in [7, 11) is 0. The molecule has 0 unspecified atom stereocenters. The van der Waals surface area contributed by atoms with Gasteiger partial charge in [0.25, 0.3) is 5.91 Å². The largest absolute Gasteiger partial charge is 0.506 e. The topological polar surface area (TPSA) is 53.4 Å². The van der Waals surface area contributed by atoms with Crippen LogP contribution < -0.4 is 4.90 Å². The summed E-state index contributed by atoms with van der Waals surface area (Å²) in [5.74, 6) is -0.111. The minimum atomic E-state index is -0.174. The zero-order valence-corrected chi connectivity index (χ0v) is 14.9. The maximum absolute atomic E-state index is 13.1. The molecule has 0 aliphatic heterocycles. The number of carbonyl (C=O) groups is 1. The molecule has 0 saturated carbocycles. The van der Waals surface area contributed by atoms with Gasteiger partial charge in [-0.15, -0.1) is 0 Å². The molecule has 24 heavy (non-hydrogen) atoms. The van der Waals surface area contributed by atoms with Crippen molar-refractivity contribution in [3.63, 3.8) is 0 Å². The SMILES string of the molecule is O=C(c1ccccc1I)N(Cc1ccccn1)c1ccccc1O. The van der Waals surface area contributed by atoms with E-state index in [1.165, 1.54) is 0 Å². The number of nitrogens with zero attached hydrogens (tertiary/aromatic N) is 2. The number of pyridine rings is 1. The zero-order chi connectivity index (χ0) is 16.9. The van der Waals surface area contributed by atoms with Crippen LogP contribution in [-0.4, -0.2) is 16.0 Å². The molecule has 0 fully saturated rings. The molecule has 1 N–H and O–H groups in total. The van der Waals surface area contributed by atoms with Gasteiger partial charge in [-0.2, -0.15) is 0 Å². The van der Waals surface area contributed by atoms with Crippen molar-refractivity contribution in [3.8, 4) is 5.75 Å². The fourth-order valence-corrected chi connectivity index (χ4v) is 3.01. The van der Waals surface area contributed by atoms with Gasteiger partial charge in [0, 0.05) is 9.77 Å². The summed E-state index contributed by atoms with van der Waals surface area (Å²) < 4.78 is 0.863. The molecule has 0 radical (unpaired) electrons. The molecule has 1 aromatic heterocycles. The molecule has 0 saturated heterocycles. The Morgan fingerprint density at radius 2 is 1.71 bits per heavy atom. The summed E-state index contributed by atoms with van der Waals surface area (Å²) in [5.41, 5.74) is 1.81. The van der Waals surface area contributed by atoms with Crippen LogP contribution in [0, 0.1) is 3.57 Å². The highest BCUT2D eigenvalue weighted by Gasteiger charge is 2.22. The summed E-state index contributed by atoms with van der Waals surface area (Å²) in [6.07, 6.45) is 1.69. The first kappa shape index (κ1) is 16.4. The Morgan fingerprint density at radius 1 is 1.00 bits per heavy atom. The Labute approximate surface area is 153 Å². The molecule has 5 heteroatoms. The molecule has 1 heterocycles. The number of aromatic hydroxyl groups is 1. The van der Waals surface area contributed by atoms with E-state index in [2.05, 4.69) is 27.6 Å². The smallest absolute Gasteiger partial charge is 0.259 e. The lowest BCUT2D eigenvalue weighted by Crippen LogP contribution is -2.31. The van der Waals surface area contributed by atoms with E-state index in [1.54, 1.807) is 41.4 Å². The van der Waals surface area contributed by atoms with Crippen LogP contribution >= 0.6 is 22.6 Å². The number of phenolic OH excluding ortho intramolecular Hbond substituents is 1. The maximum Gasteiger partial charge on any atom is 0.259 e. The lowest BCUT2D eigenvalue weighted by atomic mass is 10.1. The fourth-order valence-electron chi connectivity index (χ4n) is 2.39. The summed E-state index contributed by atoms with van der Waals surface area (Å²) in [6.45, 7) is 0.280. The third-order valence-corrected chi connectivity index (χ3v) is 4.51. The van der Waals surface area contributed by atoms with Gasteiger partial charge in [-0.1, -0.05) is 30.3 Å². The number of benzene rings is 2. The normalized spacial score (nSPS) is 10.4. The molecule has 4 nitrogen and oxygen atoms in total. The predicted octanol–water partition coefficient (Wildman–Crippen LogP) is 4.24. The van der Waals surface area contributed by atoms with E-state index in [0.717, 1.165) is 9.26 Å². The van der Waals surface area contributed by atoms with Crippen LogP contribution in [0.15, 0.2) is 72.9 Å². The second-order valence-corrected chi connectivity index (χ2v) is 6.34. The van der Waals surface area contributed by atoms with Crippen LogP contribution in [0.1, 0.15) is 16.1 Å². The Kier molecular flexibility index (Phi) is 5.10. The molecule has 0 aliphatic carbocycles. The number of rotatable bonds is 4. The summed E-state index contributed by atoms with van der Waals surface area (Å²) >= 11 is 2.14. The van der Waals surface area contributed by atoms with Gasteiger partial charge in [-0.3, -0.25) is 14.7 Å². The molecule has 2 aromatic carbocycles. The maximum atomic E-state index is 13.1. The van der Waals surface area contributed by atoms with Gasteiger partial charge in [0.2, 0.25) is 0 Å². The molecule has 3 rings (SSSR count).